The van der Waals surface area contributed by atoms with E-state index >= 15 is 0 Å². The third-order valence-electron chi connectivity index (χ3n) is 4.59. The smallest absolute Gasteiger partial charge is 0.244 e. The molecule has 0 unspecified atom stereocenters. The van der Waals surface area contributed by atoms with Crippen LogP contribution in [0.5, 0.6) is 5.75 Å². The Hall–Kier alpha value is -3.93. The molecule has 0 fully saturated rings. The average Bonchev–Trinajstić information content (AvgIpc) is 2.79. The van der Waals surface area contributed by atoms with E-state index < -0.39 is 0 Å². The molecule has 6 nitrogen and oxygen atoms in total. The first kappa shape index (κ1) is 21.8. The summed E-state index contributed by atoms with van der Waals surface area (Å²) >= 11 is 0. The van der Waals surface area contributed by atoms with Crippen LogP contribution in [0.4, 0.5) is 5.69 Å². The maximum atomic E-state index is 12.1. The van der Waals surface area contributed by atoms with Gasteiger partial charge in [-0.2, -0.15) is 0 Å². The number of ether oxygens (including phenoxy) is 1. The zero-order chi connectivity index (χ0) is 22.1. The molecule has 6 heteroatoms. The molecule has 0 spiro atoms. The van der Waals surface area contributed by atoms with Crippen molar-refractivity contribution < 1.29 is 14.3 Å². The molecule has 0 saturated carbocycles. The number of aromatic nitrogens is 1. The van der Waals surface area contributed by atoms with Gasteiger partial charge in [0.15, 0.2) is 0 Å². The molecule has 0 aliphatic heterocycles. The van der Waals surface area contributed by atoms with E-state index in [4.69, 9.17) is 4.74 Å². The van der Waals surface area contributed by atoms with Gasteiger partial charge in [0.1, 0.15) is 12.4 Å². The largest absolute Gasteiger partial charge is 0.487 e. The molecule has 3 aromatic rings. The van der Waals surface area contributed by atoms with E-state index in [0.29, 0.717) is 6.61 Å². The minimum atomic E-state index is -0.341. The lowest BCUT2D eigenvalue weighted by molar-refractivity contribution is -0.121. The molecule has 158 valence electrons. The SMILES string of the molecule is Cc1cccc(C)c1NC(=O)CNC(=O)C=Cc1ccc(OCc2ccccn2)cc1. The van der Waals surface area contributed by atoms with Crippen molar-refractivity contribution in [2.75, 3.05) is 11.9 Å². The van der Waals surface area contributed by atoms with E-state index in [1.165, 1.54) is 6.08 Å². The van der Waals surface area contributed by atoms with Gasteiger partial charge >= 0.3 is 0 Å². The zero-order valence-corrected chi connectivity index (χ0v) is 17.6. The first-order valence-electron chi connectivity index (χ1n) is 9.96. The van der Waals surface area contributed by atoms with Gasteiger partial charge in [-0.15, -0.1) is 0 Å². The molecule has 3 rings (SSSR count). The molecule has 0 bridgehead atoms. The summed E-state index contributed by atoms with van der Waals surface area (Å²) in [4.78, 5) is 28.4. The van der Waals surface area contributed by atoms with E-state index in [0.717, 1.165) is 33.8 Å². The van der Waals surface area contributed by atoms with Gasteiger partial charge in [0, 0.05) is 18.0 Å². The van der Waals surface area contributed by atoms with Gasteiger partial charge in [-0.1, -0.05) is 36.4 Å². The topological polar surface area (TPSA) is 80.3 Å². The Morgan fingerprint density at radius 2 is 1.71 bits per heavy atom. The molecular weight excluding hydrogens is 390 g/mol. The van der Waals surface area contributed by atoms with Crippen molar-refractivity contribution >= 4 is 23.6 Å². The highest BCUT2D eigenvalue weighted by Crippen LogP contribution is 2.19. The summed E-state index contributed by atoms with van der Waals surface area (Å²) < 4.78 is 5.69. The first-order chi connectivity index (χ1) is 15.0. The Kier molecular flexibility index (Phi) is 7.54. The quantitative estimate of drug-likeness (QED) is 0.544. The number of rotatable bonds is 8. The summed E-state index contributed by atoms with van der Waals surface area (Å²) in [6.07, 6.45) is 4.81. The summed E-state index contributed by atoms with van der Waals surface area (Å²) in [7, 11) is 0. The molecule has 0 aliphatic carbocycles. The number of hydrogen-bond donors (Lipinski definition) is 2. The first-order valence-corrected chi connectivity index (χ1v) is 9.96. The normalized spacial score (nSPS) is 10.6. The Bertz CT molecular complexity index is 1040. The molecule has 0 saturated heterocycles. The van der Waals surface area contributed by atoms with Crippen LogP contribution in [0.2, 0.25) is 0 Å². The van der Waals surface area contributed by atoms with Gasteiger partial charge in [0.05, 0.1) is 12.2 Å². The van der Waals surface area contributed by atoms with Crippen LogP contribution in [-0.4, -0.2) is 23.3 Å². The highest BCUT2D eigenvalue weighted by atomic mass is 16.5. The third kappa shape index (κ3) is 6.82. The summed E-state index contributed by atoms with van der Waals surface area (Å²) in [5.74, 6) is 0.108. The van der Waals surface area contributed by atoms with E-state index in [-0.39, 0.29) is 18.4 Å². The number of para-hydroxylation sites is 1. The second-order valence-corrected chi connectivity index (χ2v) is 7.04. The van der Waals surface area contributed by atoms with Gasteiger partial charge in [-0.25, -0.2) is 0 Å². The standard InChI is InChI=1S/C25H25N3O3/c1-18-6-5-7-19(2)25(18)28-24(30)16-27-23(29)14-11-20-9-12-22(13-10-20)31-17-21-8-3-4-15-26-21/h3-15H,16-17H2,1-2H3,(H,27,29)(H,28,30). The van der Waals surface area contributed by atoms with Crippen LogP contribution in [0.15, 0.2) is 72.9 Å². The fourth-order valence-electron chi connectivity index (χ4n) is 2.91. The van der Waals surface area contributed by atoms with Crippen molar-refractivity contribution in [1.29, 1.82) is 0 Å². The fraction of sp³-hybridized carbons (Fsp3) is 0.160. The van der Waals surface area contributed by atoms with Crippen LogP contribution in [0.1, 0.15) is 22.4 Å². The second-order valence-electron chi connectivity index (χ2n) is 7.04. The molecule has 1 aromatic heterocycles. The maximum absolute atomic E-state index is 12.1. The number of nitrogens with zero attached hydrogens (tertiary/aromatic N) is 1. The number of benzene rings is 2. The molecule has 0 radical (unpaired) electrons. The van der Waals surface area contributed by atoms with Crippen LogP contribution in [0, 0.1) is 13.8 Å². The molecule has 0 atom stereocenters. The lowest BCUT2D eigenvalue weighted by Crippen LogP contribution is -2.32. The number of pyridine rings is 1. The van der Waals surface area contributed by atoms with Crippen molar-refractivity contribution in [1.82, 2.24) is 10.3 Å². The highest BCUT2D eigenvalue weighted by molar-refractivity contribution is 5.98. The van der Waals surface area contributed by atoms with Crippen molar-refractivity contribution in [2.24, 2.45) is 0 Å². The van der Waals surface area contributed by atoms with Crippen molar-refractivity contribution in [3.63, 3.8) is 0 Å². The van der Waals surface area contributed by atoms with Gasteiger partial charge < -0.3 is 15.4 Å². The Morgan fingerprint density at radius 1 is 0.968 bits per heavy atom. The van der Waals surface area contributed by atoms with Crippen LogP contribution in [-0.2, 0) is 16.2 Å². The van der Waals surface area contributed by atoms with E-state index in [2.05, 4.69) is 15.6 Å². The maximum Gasteiger partial charge on any atom is 0.244 e. The Morgan fingerprint density at radius 3 is 2.39 bits per heavy atom. The lowest BCUT2D eigenvalue weighted by atomic mass is 10.1. The second kappa shape index (κ2) is 10.7. The van der Waals surface area contributed by atoms with Crippen molar-refractivity contribution in [3.8, 4) is 5.75 Å². The fourth-order valence-corrected chi connectivity index (χ4v) is 2.91. The molecule has 31 heavy (non-hydrogen) atoms. The van der Waals surface area contributed by atoms with Crippen molar-refractivity contribution in [3.05, 3.63) is 95.3 Å². The predicted octanol–water partition coefficient (Wildman–Crippen LogP) is 4.05. The predicted molar refractivity (Wildman–Crippen MR) is 122 cm³/mol. The summed E-state index contributed by atoms with van der Waals surface area (Å²) in [6.45, 7) is 4.15. The zero-order valence-electron chi connectivity index (χ0n) is 17.6. The van der Waals surface area contributed by atoms with Gasteiger partial charge in [0.2, 0.25) is 11.8 Å². The number of amides is 2. The van der Waals surface area contributed by atoms with Gasteiger partial charge in [0.25, 0.3) is 0 Å². The average molecular weight is 415 g/mol. The third-order valence-corrected chi connectivity index (χ3v) is 4.59. The van der Waals surface area contributed by atoms with E-state index in [1.807, 2.05) is 74.5 Å². The minimum Gasteiger partial charge on any atom is -0.487 e. The van der Waals surface area contributed by atoms with Gasteiger partial charge in [-0.3, -0.25) is 14.6 Å². The summed E-state index contributed by atoms with van der Waals surface area (Å²) in [6, 6.07) is 18.8. The number of aryl methyl sites for hydroxylation is 2. The van der Waals surface area contributed by atoms with Crippen LogP contribution >= 0.6 is 0 Å². The molecule has 2 aromatic carbocycles. The van der Waals surface area contributed by atoms with Crippen LogP contribution in [0.25, 0.3) is 6.08 Å². The van der Waals surface area contributed by atoms with E-state index in [1.54, 1.807) is 12.3 Å². The van der Waals surface area contributed by atoms with Crippen LogP contribution < -0.4 is 15.4 Å². The number of carbonyl (C=O) groups excluding carboxylic acids is 2. The molecule has 1 heterocycles. The summed E-state index contributed by atoms with van der Waals surface area (Å²) in [5, 5.41) is 5.43. The van der Waals surface area contributed by atoms with E-state index in [9.17, 15) is 9.59 Å². The molecule has 2 N–H and O–H groups in total. The number of carbonyl (C=O) groups is 2. The Labute approximate surface area is 182 Å². The van der Waals surface area contributed by atoms with Crippen molar-refractivity contribution in [2.45, 2.75) is 20.5 Å². The molecule has 0 aliphatic rings. The van der Waals surface area contributed by atoms with Crippen LogP contribution in [0.3, 0.4) is 0 Å². The highest BCUT2D eigenvalue weighted by Gasteiger charge is 2.08. The molecular formula is C25H25N3O3. The Balaban J connectivity index is 1.44. The molecule has 2 amide bonds. The number of nitrogens with one attached hydrogen (secondary N) is 2. The summed E-state index contributed by atoms with van der Waals surface area (Å²) in [5.41, 5.74) is 4.44. The minimum absolute atomic E-state index is 0.1000. The lowest BCUT2D eigenvalue weighted by Gasteiger charge is -2.11. The number of anilines is 1. The van der Waals surface area contributed by atoms with Gasteiger partial charge in [-0.05, 0) is 60.9 Å². The monoisotopic (exact) mass is 415 g/mol. The number of hydrogen-bond acceptors (Lipinski definition) is 4.